The number of amides is 1. The number of piperidine rings is 1. The highest BCUT2D eigenvalue weighted by atomic mass is 16.2. The lowest BCUT2D eigenvalue weighted by Crippen LogP contribution is -3.12. The van der Waals surface area contributed by atoms with Crippen LogP contribution in [0.3, 0.4) is 0 Å². The number of para-hydroxylation sites is 1. The fraction of sp³-hybridized carbons (Fsp3) is 0.476. The number of carbonyl (C=O) groups excluding carboxylic acids is 1. The third kappa shape index (κ3) is 3.80. The van der Waals surface area contributed by atoms with Gasteiger partial charge in [-0.25, -0.2) is 4.52 Å². The maximum Gasteiger partial charge on any atom is 0.273 e. The van der Waals surface area contributed by atoms with Crippen molar-refractivity contribution in [1.82, 2.24) is 19.5 Å². The Morgan fingerprint density at radius 2 is 2.00 bits per heavy atom. The summed E-state index contributed by atoms with van der Waals surface area (Å²) in [4.78, 5) is 30.3. The predicted octanol–water partition coefficient (Wildman–Crippen LogP) is 0.533. The molecule has 3 heterocycles. The van der Waals surface area contributed by atoms with Crippen molar-refractivity contribution in [3.8, 4) is 0 Å². The quantitative estimate of drug-likeness (QED) is 0.611. The summed E-state index contributed by atoms with van der Waals surface area (Å²) in [5.41, 5.74) is 2.01. The zero-order chi connectivity index (χ0) is 19.5. The molecule has 0 radical (unpaired) electrons. The second-order valence-electron chi connectivity index (χ2n) is 7.71. The molecule has 0 unspecified atom stereocenters. The van der Waals surface area contributed by atoms with Gasteiger partial charge in [-0.2, -0.15) is 4.98 Å². The summed E-state index contributed by atoms with van der Waals surface area (Å²) in [6, 6.07) is 9.25. The van der Waals surface area contributed by atoms with Crippen LogP contribution in [0.25, 0.3) is 16.6 Å². The number of aromatic nitrogens is 3. The van der Waals surface area contributed by atoms with Gasteiger partial charge in [-0.1, -0.05) is 12.1 Å². The van der Waals surface area contributed by atoms with Gasteiger partial charge in [0, 0.05) is 30.1 Å². The van der Waals surface area contributed by atoms with Crippen molar-refractivity contribution in [3.63, 3.8) is 0 Å². The highest BCUT2D eigenvalue weighted by molar-refractivity contribution is 5.93. The lowest BCUT2D eigenvalue weighted by atomic mass is 10.1. The molecule has 3 aromatic rings. The Morgan fingerprint density at radius 1 is 1.21 bits per heavy atom. The van der Waals surface area contributed by atoms with E-state index in [2.05, 4.69) is 10.3 Å². The Bertz CT molecular complexity index is 1050. The standard InChI is InChI=1S/C21H27N5O2/c1-16-14-19(27)23-21-17-8-3-4-9-18(17)25(26(16)21)15-20(28)22-10-7-13-24-11-5-2-6-12-24/h3-4,8-9,14H,2,5-7,10-13,15H2,1H3,(H,22,28)/p+1. The minimum absolute atomic E-state index is 0.0191. The Kier molecular flexibility index (Phi) is 5.43. The summed E-state index contributed by atoms with van der Waals surface area (Å²) in [5, 5.41) is 3.93. The topological polar surface area (TPSA) is 72.8 Å². The van der Waals surface area contributed by atoms with Gasteiger partial charge < -0.3 is 10.2 Å². The monoisotopic (exact) mass is 382 g/mol. The second-order valence-corrected chi connectivity index (χ2v) is 7.71. The zero-order valence-corrected chi connectivity index (χ0v) is 16.4. The van der Waals surface area contributed by atoms with Crippen LogP contribution in [-0.2, 0) is 11.3 Å². The van der Waals surface area contributed by atoms with E-state index >= 15 is 0 Å². The van der Waals surface area contributed by atoms with E-state index in [0.717, 1.165) is 29.6 Å². The molecular formula is C21H28N5O2+. The molecule has 0 aliphatic carbocycles. The van der Waals surface area contributed by atoms with Gasteiger partial charge in [0.25, 0.3) is 5.56 Å². The van der Waals surface area contributed by atoms with E-state index in [1.807, 2.05) is 40.4 Å². The average Bonchev–Trinajstić information content (AvgIpc) is 3.00. The van der Waals surface area contributed by atoms with Crippen molar-refractivity contribution in [2.75, 3.05) is 26.2 Å². The van der Waals surface area contributed by atoms with E-state index in [-0.39, 0.29) is 18.0 Å². The van der Waals surface area contributed by atoms with E-state index in [0.29, 0.717) is 12.2 Å². The molecule has 0 atom stereocenters. The van der Waals surface area contributed by atoms with E-state index in [1.54, 1.807) is 4.90 Å². The largest absolute Gasteiger partial charge is 0.354 e. The van der Waals surface area contributed by atoms with Gasteiger partial charge in [-0.05, 0) is 38.3 Å². The van der Waals surface area contributed by atoms with Gasteiger partial charge >= 0.3 is 0 Å². The van der Waals surface area contributed by atoms with Crippen LogP contribution in [0.2, 0.25) is 0 Å². The van der Waals surface area contributed by atoms with Gasteiger partial charge in [0.15, 0.2) is 5.65 Å². The minimum Gasteiger partial charge on any atom is -0.354 e. The molecule has 148 valence electrons. The number of nitrogens with zero attached hydrogens (tertiary/aromatic N) is 3. The van der Waals surface area contributed by atoms with Crippen LogP contribution < -0.4 is 15.8 Å². The van der Waals surface area contributed by atoms with Gasteiger partial charge in [0.05, 0.1) is 25.2 Å². The van der Waals surface area contributed by atoms with Crippen LogP contribution in [-0.4, -0.2) is 46.3 Å². The second kappa shape index (κ2) is 8.14. The number of quaternary nitrogens is 1. The molecule has 7 heteroatoms. The first-order valence-electron chi connectivity index (χ1n) is 10.2. The highest BCUT2D eigenvalue weighted by Gasteiger charge is 2.16. The van der Waals surface area contributed by atoms with Crippen molar-refractivity contribution in [2.24, 2.45) is 0 Å². The highest BCUT2D eigenvalue weighted by Crippen LogP contribution is 2.21. The third-order valence-electron chi connectivity index (χ3n) is 5.63. The number of hydrogen-bond donors (Lipinski definition) is 2. The fourth-order valence-corrected chi connectivity index (χ4v) is 4.28. The molecule has 1 aliphatic rings. The van der Waals surface area contributed by atoms with Crippen LogP contribution in [0.15, 0.2) is 35.1 Å². The van der Waals surface area contributed by atoms with Gasteiger partial charge in [-0.15, -0.1) is 0 Å². The Hall–Kier alpha value is -2.67. The molecule has 1 aromatic carbocycles. The van der Waals surface area contributed by atoms with E-state index < -0.39 is 0 Å². The Labute approximate surface area is 163 Å². The molecule has 28 heavy (non-hydrogen) atoms. The smallest absolute Gasteiger partial charge is 0.273 e. The van der Waals surface area contributed by atoms with E-state index in [4.69, 9.17) is 0 Å². The summed E-state index contributed by atoms with van der Waals surface area (Å²) in [7, 11) is 0. The number of fused-ring (bicyclic) bond motifs is 3. The summed E-state index contributed by atoms with van der Waals surface area (Å²) in [6.07, 6.45) is 5.01. The lowest BCUT2D eigenvalue weighted by molar-refractivity contribution is -0.904. The maximum absolute atomic E-state index is 12.6. The number of aryl methyl sites for hydroxylation is 1. The van der Waals surface area contributed by atoms with Crippen molar-refractivity contribution >= 4 is 22.5 Å². The maximum atomic E-state index is 12.6. The molecule has 0 bridgehead atoms. The molecule has 2 aromatic heterocycles. The van der Waals surface area contributed by atoms with Crippen LogP contribution in [0, 0.1) is 6.92 Å². The molecule has 0 saturated carbocycles. The minimum atomic E-state index is -0.259. The average molecular weight is 382 g/mol. The molecule has 1 saturated heterocycles. The first-order chi connectivity index (χ1) is 13.6. The summed E-state index contributed by atoms with van der Waals surface area (Å²) >= 11 is 0. The molecular weight excluding hydrogens is 354 g/mol. The normalized spacial score (nSPS) is 15.3. The first kappa shape index (κ1) is 18.7. The van der Waals surface area contributed by atoms with Crippen LogP contribution >= 0.6 is 0 Å². The predicted molar refractivity (Wildman–Crippen MR) is 109 cm³/mol. The molecule has 1 amide bonds. The summed E-state index contributed by atoms with van der Waals surface area (Å²) in [6.45, 7) is 6.42. The number of carbonyl (C=O) groups is 1. The van der Waals surface area contributed by atoms with Crippen molar-refractivity contribution in [1.29, 1.82) is 0 Å². The molecule has 0 spiro atoms. The summed E-state index contributed by atoms with van der Waals surface area (Å²) in [5.74, 6) is -0.0191. The number of nitrogens with one attached hydrogen (secondary N) is 2. The van der Waals surface area contributed by atoms with Gasteiger partial charge in [0.2, 0.25) is 5.91 Å². The molecule has 1 aliphatic heterocycles. The number of rotatable bonds is 6. The fourth-order valence-electron chi connectivity index (χ4n) is 4.28. The molecule has 7 nitrogen and oxygen atoms in total. The van der Waals surface area contributed by atoms with Gasteiger partial charge in [-0.3, -0.25) is 14.3 Å². The SMILES string of the molecule is Cc1cc(=O)nc2c3ccccc3n(CC(=O)NCCC[NH+]3CCCCC3)n12. The lowest BCUT2D eigenvalue weighted by Gasteiger charge is -2.23. The van der Waals surface area contributed by atoms with Crippen molar-refractivity contribution in [3.05, 3.63) is 46.4 Å². The van der Waals surface area contributed by atoms with Crippen LogP contribution in [0.4, 0.5) is 0 Å². The van der Waals surface area contributed by atoms with E-state index in [1.165, 1.54) is 38.4 Å². The number of hydrogen-bond acceptors (Lipinski definition) is 3. The molecule has 2 N–H and O–H groups in total. The van der Waals surface area contributed by atoms with E-state index in [9.17, 15) is 9.59 Å². The first-order valence-corrected chi connectivity index (χ1v) is 10.2. The Morgan fingerprint density at radius 3 is 2.82 bits per heavy atom. The number of benzene rings is 1. The summed E-state index contributed by atoms with van der Waals surface area (Å²) < 4.78 is 3.77. The van der Waals surface area contributed by atoms with Crippen molar-refractivity contribution < 1.29 is 9.69 Å². The van der Waals surface area contributed by atoms with Gasteiger partial charge in [0.1, 0.15) is 6.54 Å². The molecule has 4 rings (SSSR count). The zero-order valence-electron chi connectivity index (χ0n) is 16.4. The molecule has 1 fully saturated rings. The van der Waals surface area contributed by atoms with Crippen molar-refractivity contribution in [2.45, 2.75) is 39.2 Å². The number of likely N-dealkylation sites (tertiary alicyclic amines) is 1. The Balaban J connectivity index is 1.47. The van der Waals surface area contributed by atoms with Crippen LogP contribution in [0.5, 0.6) is 0 Å². The third-order valence-corrected chi connectivity index (χ3v) is 5.63. The van der Waals surface area contributed by atoms with Crippen LogP contribution in [0.1, 0.15) is 31.4 Å².